The minimum absolute atomic E-state index is 0.110. The normalized spacial score (nSPS) is 21.6. The van der Waals surface area contributed by atoms with Crippen molar-refractivity contribution < 1.29 is 18.7 Å². The van der Waals surface area contributed by atoms with Gasteiger partial charge in [0, 0.05) is 36.5 Å². The minimum Gasteiger partial charge on any atom is -0.442 e. The Balaban J connectivity index is 0.000000323. The van der Waals surface area contributed by atoms with Crippen LogP contribution in [-0.2, 0) is 9.53 Å². The topological polar surface area (TPSA) is 107 Å². The molecule has 2 amide bonds. The Morgan fingerprint density at radius 3 is 2.79 bits per heavy atom. The molecular formula is C24H28FN5O3. The second-order valence-electron chi connectivity index (χ2n) is 8.05. The number of nitriles is 1. The number of carbonyl (C=O) groups excluding carboxylic acids is 2. The number of nitrogens with one attached hydrogen (secondary N) is 2. The zero-order chi connectivity index (χ0) is 23.8. The second-order valence-corrected chi connectivity index (χ2v) is 8.05. The number of benzene rings is 1. The van der Waals surface area contributed by atoms with Crippen molar-refractivity contribution in [2.45, 2.75) is 26.4 Å². The van der Waals surface area contributed by atoms with Gasteiger partial charge in [-0.15, -0.1) is 0 Å². The van der Waals surface area contributed by atoms with Crippen molar-refractivity contribution in [3.8, 4) is 17.2 Å². The van der Waals surface area contributed by atoms with E-state index >= 15 is 0 Å². The highest BCUT2D eigenvalue weighted by atomic mass is 19.1. The van der Waals surface area contributed by atoms with Gasteiger partial charge in [0.2, 0.25) is 5.91 Å². The Morgan fingerprint density at radius 1 is 1.39 bits per heavy atom. The van der Waals surface area contributed by atoms with Gasteiger partial charge in [0.15, 0.2) is 0 Å². The number of pyridine rings is 1. The molecule has 2 aliphatic heterocycles. The zero-order valence-electron chi connectivity index (χ0n) is 18.8. The number of amides is 2. The molecule has 33 heavy (non-hydrogen) atoms. The van der Waals surface area contributed by atoms with Crippen LogP contribution < -0.4 is 15.5 Å². The first kappa shape index (κ1) is 24.1. The number of ether oxygens (including phenoxy) is 1. The van der Waals surface area contributed by atoms with Crippen molar-refractivity contribution in [3.63, 3.8) is 0 Å². The summed E-state index contributed by atoms with van der Waals surface area (Å²) in [5, 5.41) is 14.3. The van der Waals surface area contributed by atoms with E-state index in [1.165, 1.54) is 11.0 Å². The minimum atomic E-state index is -0.552. The van der Waals surface area contributed by atoms with Crippen LogP contribution in [-0.4, -0.2) is 49.3 Å². The number of nitrogens with zero attached hydrogens (tertiary/aromatic N) is 3. The summed E-state index contributed by atoms with van der Waals surface area (Å²) in [6.45, 7) is 6.25. The summed E-state index contributed by atoms with van der Waals surface area (Å²) in [5.41, 5.74) is 1.49. The monoisotopic (exact) mass is 453 g/mol. The highest BCUT2D eigenvalue weighted by Crippen LogP contribution is 2.28. The number of anilines is 1. The summed E-state index contributed by atoms with van der Waals surface area (Å²) >= 11 is 0. The molecule has 2 fully saturated rings. The lowest BCUT2D eigenvalue weighted by molar-refractivity contribution is -0.121. The second kappa shape index (κ2) is 11.4. The van der Waals surface area contributed by atoms with Gasteiger partial charge in [0.1, 0.15) is 11.9 Å². The molecule has 9 heteroatoms. The van der Waals surface area contributed by atoms with Crippen LogP contribution in [0.3, 0.4) is 0 Å². The fourth-order valence-corrected chi connectivity index (χ4v) is 3.60. The van der Waals surface area contributed by atoms with E-state index in [-0.39, 0.29) is 24.9 Å². The molecule has 0 bridgehead atoms. The van der Waals surface area contributed by atoms with Gasteiger partial charge in [-0.2, -0.15) is 5.26 Å². The number of halogens is 1. The number of carbonyl (C=O) groups is 2. The number of rotatable bonds is 5. The van der Waals surface area contributed by atoms with Gasteiger partial charge in [-0.05, 0) is 36.7 Å². The predicted molar refractivity (Wildman–Crippen MR) is 122 cm³/mol. The van der Waals surface area contributed by atoms with Crippen LogP contribution in [0.25, 0.3) is 11.1 Å². The fourth-order valence-electron chi connectivity index (χ4n) is 3.60. The van der Waals surface area contributed by atoms with Gasteiger partial charge in [-0.25, -0.2) is 9.18 Å². The first-order valence-corrected chi connectivity index (χ1v) is 11.0. The lowest BCUT2D eigenvalue weighted by atomic mass is 10.0. The van der Waals surface area contributed by atoms with E-state index in [0.717, 1.165) is 13.1 Å². The third-order valence-electron chi connectivity index (χ3n) is 5.64. The smallest absolute Gasteiger partial charge is 0.414 e. The molecule has 2 aliphatic rings. The van der Waals surface area contributed by atoms with E-state index in [1.807, 2.05) is 0 Å². The van der Waals surface area contributed by atoms with E-state index in [2.05, 4.69) is 28.6 Å². The molecule has 0 spiro atoms. The number of aromatic nitrogens is 1. The summed E-state index contributed by atoms with van der Waals surface area (Å²) in [6.07, 6.45) is 2.56. The maximum Gasteiger partial charge on any atom is 0.414 e. The van der Waals surface area contributed by atoms with Gasteiger partial charge < -0.3 is 15.4 Å². The molecule has 174 valence electrons. The summed E-state index contributed by atoms with van der Waals surface area (Å²) in [4.78, 5) is 28.7. The SMILES string of the molecule is CCC(=O)NCC1CN(c2ccc(-c3cccnc3)c(F)c2)C(=O)O1.C[C@@H]1CNCC1C#N. The van der Waals surface area contributed by atoms with Gasteiger partial charge in [-0.3, -0.25) is 14.7 Å². The highest BCUT2D eigenvalue weighted by Gasteiger charge is 2.32. The van der Waals surface area contributed by atoms with E-state index < -0.39 is 18.0 Å². The van der Waals surface area contributed by atoms with Gasteiger partial charge in [0.05, 0.1) is 30.8 Å². The molecule has 2 saturated heterocycles. The van der Waals surface area contributed by atoms with E-state index in [9.17, 15) is 14.0 Å². The van der Waals surface area contributed by atoms with Crippen molar-refractivity contribution in [3.05, 3.63) is 48.5 Å². The maximum absolute atomic E-state index is 14.4. The summed E-state index contributed by atoms with van der Waals surface area (Å²) in [7, 11) is 0. The highest BCUT2D eigenvalue weighted by molar-refractivity contribution is 5.90. The number of cyclic esters (lactones) is 1. The van der Waals surface area contributed by atoms with Crippen LogP contribution in [0.4, 0.5) is 14.9 Å². The van der Waals surface area contributed by atoms with E-state index in [1.54, 1.807) is 43.6 Å². The van der Waals surface area contributed by atoms with Crippen molar-refractivity contribution in [2.24, 2.45) is 11.8 Å². The van der Waals surface area contributed by atoms with E-state index in [4.69, 9.17) is 10.00 Å². The maximum atomic E-state index is 14.4. The molecule has 0 saturated carbocycles. The molecule has 1 aromatic heterocycles. The lowest BCUT2D eigenvalue weighted by Crippen LogP contribution is -2.34. The largest absolute Gasteiger partial charge is 0.442 e. The van der Waals surface area contributed by atoms with Gasteiger partial charge >= 0.3 is 6.09 Å². The molecule has 3 heterocycles. The third kappa shape index (κ3) is 6.26. The zero-order valence-corrected chi connectivity index (χ0v) is 18.8. The average Bonchev–Trinajstić information content (AvgIpc) is 3.42. The summed E-state index contributed by atoms with van der Waals surface area (Å²) < 4.78 is 19.7. The van der Waals surface area contributed by atoms with Gasteiger partial charge in [-0.1, -0.05) is 19.9 Å². The van der Waals surface area contributed by atoms with Gasteiger partial charge in [0.25, 0.3) is 0 Å². The molecule has 1 aromatic carbocycles. The Labute approximate surface area is 192 Å². The molecule has 4 rings (SSSR count). The lowest BCUT2D eigenvalue weighted by Gasteiger charge is -2.14. The van der Waals surface area contributed by atoms with Crippen LogP contribution in [0.15, 0.2) is 42.7 Å². The quantitative estimate of drug-likeness (QED) is 0.720. The van der Waals surface area contributed by atoms with Crippen molar-refractivity contribution >= 4 is 17.7 Å². The molecule has 3 atom stereocenters. The molecular weight excluding hydrogens is 425 g/mol. The first-order chi connectivity index (χ1) is 15.9. The van der Waals surface area contributed by atoms with Crippen LogP contribution in [0, 0.1) is 29.0 Å². The Bertz CT molecular complexity index is 1010. The molecule has 2 aromatic rings. The Hall–Kier alpha value is -3.51. The predicted octanol–water partition coefficient (Wildman–Crippen LogP) is 3.10. The molecule has 2 N–H and O–H groups in total. The van der Waals surface area contributed by atoms with E-state index in [0.29, 0.717) is 29.2 Å². The molecule has 2 unspecified atom stereocenters. The van der Waals surface area contributed by atoms with Crippen molar-refractivity contribution in [1.82, 2.24) is 15.6 Å². The van der Waals surface area contributed by atoms with Crippen LogP contribution >= 0.6 is 0 Å². The molecule has 0 radical (unpaired) electrons. The summed E-state index contributed by atoms with van der Waals surface area (Å²) in [5.74, 6) is 0.261. The van der Waals surface area contributed by atoms with Crippen molar-refractivity contribution in [2.75, 3.05) is 31.1 Å². The number of hydrogen-bond donors (Lipinski definition) is 2. The Morgan fingerprint density at radius 2 is 2.21 bits per heavy atom. The first-order valence-electron chi connectivity index (χ1n) is 11.0. The average molecular weight is 454 g/mol. The van der Waals surface area contributed by atoms with Crippen LogP contribution in [0.5, 0.6) is 0 Å². The molecule has 8 nitrogen and oxygen atoms in total. The number of hydrogen-bond acceptors (Lipinski definition) is 6. The van der Waals surface area contributed by atoms with Crippen LogP contribution in [0.1, 0.15) is 20.3 Å². The molecule has 0 aliphatic carbocycles. The summed E-state index contributed by atoms with van der Waals surface area (Å²) in [6, 6.07) is 10.3. The van der Waals surface area contributed by atoms with Crippen molar-refractivity contribution in [1.29, 1.82) is 5.26 Å². The van der Waals surface area contributed by atoms with Crippen LogP contribution in [0.2, 0.25) is 0 Å². The fraction of sp³-hybridized carbons (Fsp3) is 0.417. The third-order valence-corrected chi connectivity index (χ3v) is 5.64. The Kier molecular flexibility index (Phi) is 8.33. The standard InChI is InChI=1S/C18H18FN3O3.C6H10N2/c1-2-17(23)21-10-14-11-22(18(24)25-14)13-5-6-15(16(19)8-13)12-4-3-7-20-9-12;1-5-3-8-4-6(5)2-7/h3-9,14H,2,10-11H2,1H3,(H,21,23);5-6,8H,3-4H2,1H3/t;5-,6?/m.1/s1.